The molecule has 0 amide bonds. The number of para-hydroxylation sites is 1. The van der Waals surface area contributed by atoms with Gasteiger partial charge in [0.1, 0.15) is 5.82 Å². The Bertz CT molecular complexity index is 328. The van der Waals surface area contributed by atoms with Gasteiger partial charge < -0.3 is 10.1 Å². The lowest BCUT2D eigenvalue weighted by Gasteiger charge is -2.23. The summed E-state index contributed by atoms with van der Waals surface area (Å²) in [6.07, 6.45) is 3.66. The lowest BCUT2D eigenvalue weighted by atomic mass is 10.1. The van der Waals surface area contributed by atoms with Crippen molar-refractivity contribution in [3.05, 3.63) is 29.6 Å². The molecule has 1 fully saturated rings. The maximum atomic E-state index is 13.5. The van der Waals surface area contributed by atoms with Crippen molar-refractivity contribution in [3.63, 3.8) is 0 Å². The quantitative estimate of drug-likeness (QED) is 0.850. The minimum atomic E-state index is -0.184. The van der Waals surface area contributed by atoms with Crippen molar-refractivity contribution in [2.45, 2.75) is 32.3 Å². The molecule has 1 heterocycles. The number of rotatable bonds is 3. The van der Waals surface area contributed by atoms with Crippen LogP contribution in [0.4, 0.5) is 10.1 Å². The standard InChI is InChI=1S/C13H18FNO/c1-10-5-4-7-12(14)13(10)15-9-11-6-2-3-8-16-11/h4-5,7,11,15H,2-3,6,8-9H2,1H3. The molecule has 2 nitrogen and oxygen atoms in total. The Morgan fingerprint density at radius 3 is 3.00 bits per heavy atom. The Hall–Kier alpha value is -1.09. The summed E-state index contributed by atoms with van der Waals surface area (Å²) >= 11 is 0. The summed E-state index contributed by atoms with van der Waals surface area (Å²) in [5.74, 6) is -0.184. The van der Waals surface area contributed by atoms with Gasteiger partial charge in [0.25, 0.3) is 0 Å². The summed E-state index contributed by atoms with van der Waals surface area (Å²) in [6.45, 7) is 3.44. The number of aryl methyl sites for hydroxylation is 1. The number of halogens is 1. The molecule has 1 unspecified atom stereocenters. The van der Waals surface area contributed by atoms with Gasteiger partial charge >= 0.3 is 0 Å². The van der Waals surface area contributed by atoms with Crippen molar-refractivity contribution in [1.29, 1.82) is 0 Å². The molecule has 1 aromatic carbocycles. The summed E-state index contributed by atoms with van der Waals surface area (Å²) in [5.41, 5.74) is 1.55. The largest absolute Gasteiger partial charge is 0.380 e. The van der Waals surface area contributed by atoms with E-state index in [1.165, 1.54) is 12.5 Å². The van der Waals surface area contributed by atoms with Crippen molar-refractivity contribution in [3.8, 4) is 0 Å². The van der Waals surface area contributed by atoms with Crippen LogP contribution in [0.15, 0.2) is 18.2 Å². The fourth-order valence-electron chi connectivity index (χ4n) is 2.04. The SMILES string of the molecule is Cc1cccc(F)c1NCC1CCCCO1. The average Bonchev–Trinajstić information content (AvgIpc) is 2.30. The molecule has 1 N–H and O–H groups in total. The van der Waals surface area contributed by atoms with Gasteiger partial charge in [-0.1, -0.05) is 12.1 Å². The fourth-order valence-corrected chi connectivity index (χ4v) is 2.04. The summed E-state index contributed by atoms with van der Waals surface area (Å²) < 4.78 is 19.1. The molecule has 0 bridgehead atoms. The van der Waals surface area contributed by atoms with E-state index in [9.17, 15) is 4.39 Å². The number of nitrogens with one attached hydrogen (secondary N) is 1. The maximum Gasteiger partial charge on any atom is 0.146 e. The monoisotopic (exact) mass is 223 g/mol. The van der Waals surface area contributed by atoms with Gasteiger partial charge in [0.2, 0.25) is 0 Å². The number of benzene rings is 1. The zero-order chi connectivity index (χ0) is 11.4. The zero-order valence-electron chi connectivity index (χ0n) is 9.63. The molecular formula is C13H18FNO. The second-order valence-electron chi connectivity index (χ2n) is 4.30. The Labute approximate surface area is 95.8 Å². The van der Waals surface area contributed by atoms with E-state index >= 15 is 0 Å². The highest BCUT2D eigenvalue weighted by Crippen LogP contribution is 2.20. The van der Waals surface area contributed by atoms with Crippen LogP contribution in [0.1, 0.15) is 24.8 Å². The van der Waals surface area contributed by atoms with Crippen molar-refractivity contribution in [1.82, 2.24) is 0 Å². The average molecular weight is 223 g/mol. The molecule has 1 aliphatic heterocycles. The molecule has 0 aliphatic carbocycles. The molecule has 0 radical (unpaired) electrons. The molecule has 1 aliphatic rings. The second-order valence-corrected chi connectivity index (χ2v) is 4.30. The first-order valence-corrected chi connectivity index (χ1v) is 5.88. The van der Waals surface area contributed by atoms with Gasteiger partial charge in [-0.05, 0) is 37.8 Å². The highest BCUT2D eigenvalue weighted by molar-refractivity contribution is 5.51. The summed E-state index contributed by atoms with van der Waals surface area (Å²) in [5, 5.41) is 3.15. The van der Waals surface area contributed by atoms with Crippen LogP contribution in [0.2, 0.25) is 0 Å². The zero-order valence-corrected chi connectivity index (χ0v) is 9.63. The minimum Gasteiger partial charge on any atom is -0.380 e. The highest BCUT2D eigenvalue weighted by Gasteiger charge is 2.14. The topological polar surface area (TPSA) is 21.3 Å². The Kier molecular flexibility index (Phi) is 3.78. The van der Waals surface area contributed by atoms with Crippen molar-refractivity contribution in [2.75, 3.05) is 18.5 Å². The Balaban J connectivity index is 1.93. The smallest absolute Gasteiger partial charge is 0.146 e. The van der Waals surface area contributed by atoms with Crippen molar-refractivity contribution < 1.29 is 9.13 Å². The van der Waals surface area contributed by atoms with Crippen molar-refractivity contribution >= 4 is 5.69 Å². The van der Waals surface area contributed by atoms with E-state index in [4.69, 9.17) is 4.74 Å². The third kappa shape index (κ3) is 2.73. The van der Waals surface area contributed by atoms with Crippen LogP contribution in [0.25, 0.3) is 0 Å². The second kappa shape index (κ2) is 5.30. The van der Waals surface area contributed by atoms with Crippen molar-refractivity contribution in [2.24, 2.45) is 0 Å². The van der Waals surface area contributed by atoms with Gasteiger partial charge in [0.15, 0.2) is 0 Å². The molecular weight excluding hydrogens is 205 g/mol. The van der Waals surface area contributed by atoms with Crippen LogP contribution >= 0.6 is 0 Å². The van der Waals surface area contributed by atoms with Gasteiger partial charge in [-0.2, -0.15) is 0 Å². The Morgan fingerprint density at radius 1 is 1.44 bits per heavy atom. The van der Waals surface area contributed by atoms with E-state index < -0.39 is 0 Å². The van der Waals surface area contributed by atoms with Crippen LogP contribution < -0.4 is 5.32 Å². The summed E-state index contributed by atoms with van der Waals surface area (Å²) in [7, 11) is 0. The molecule has 1 atom stereocenters. The van der Waals surface area contributed by atoms with Crippen LogP contribution in [0, 0.1) is 12.7 Å². The molecule has 0 aromatic heterocycles. The van der Waals surface area contributed by atoms with Crippen LogP contribution in [-0.4, -0.2) is 19.3 Å². The summed E-state index contributed by atoms with van der Waals surface area (Å²) in [6, 6.07) is 5.12. The number of hydrogen-bond acceptors (Lipinski definition) is 2. The first-order chi connectivity index (χ1) is 7.77. The van der Waals surface area contributed by atoms with E-state index in [0.717, 1.165) is 25.0 Å². The normalized spacial score (nSPS) is 20.8. The first-order valence-electron chi connectivity index (χ1n) is 5.88. The van der Waals surface area contributed by atoms with Gasteiger partial charge in [0.05, 0.1) is 11.8 Å². The molecule has 1 aromatic rings. The Morgan fingerprint density at radius 2 is 2.31 bits per heavy atom. The molecule has 88 valence electrons. The van der Waals surface area contributed by atoms with E-state index in [2.05, 4.69) is 5.32 Å². The summed E-state index contributed by atoms with van der Waals surface area (Å²) in [4.78, 5) is 0. The van der Waals surface area contributed by atoms with Crippen LogP contribution in [0.3, 0.4) is 0 Å². The third-order valence-corrected chi connectivity index (χ3v) is 3.00. The number of anilines is 1. The predicted molar refractivity (Wildman–Crippen MR) is 63.2 cm³/mol. The van der Waals surface area contributed by atoms with E-state index in [1.807, 2.05) is 13.0 Å². The lowest BCUT2D eigenvalue weighted by molar-refractivity contribution is 0.0247. The van der Waals surface area contributed by atoms with E-state index in [-0.39, 0.29) is 11.9 Å². The number of ether oxygens (including phenoxy) is 1. The molecule has 1 saturated heterocycles. The first kappa shape index (κ1) is 11.4. The lowest BCUT2D eigenvalue weighted by Crippen LogP contribution is -2.27. The third-order valence-electron chi connectivity index (χ3n) is 3.00. The fraction of sp³-hybridized carbons (Fsp3) is 0.538. The number of hydrogen-bond donors (Lipinski definition) is 1. The van der Waals surface area contributed by atoms with E-state index in [1.54, 1.807) is 6.07 Å². The van der Waals surface area contributed by atoms with Gasteiger partial charge in [0, 0.05) is 13.2 Å². The van der Waals surface area contributed by atoms with Gasteiger partial charge in [-0.15, -0.1) is 0 Å². The van der Waals surface area contributed by atoms with E-state index in [0.29, 0.717) is 12.2 Å². The predicted octanol–water partition coefficient (Wildman–Crippen LogP) is 3.12. The van der Waals surface area contributed by atoms with Gasteiger partial charge in [-0.25, -0.2) is 4.39 Å². The molecule has 0 saturated carbocycles. The van der Waals surface area contributed by atoms with Gasteiger partial charge in [-0.3, -0.25) is 0 Å². The van der Waals surface area contributed by atoms with Crippen LogP contribution in [0.5, 0.6) is 0 Å². The molecule has 2 rings (SSSR count). The van der Waals surface area contributed by atoms with Crippen LogP contribution in [-0.2, 0) is 4.74 Å². The highest BCUT2D eigenvalue weighted by atomic mass is 19.1. The molecule has 0 spiro atoms. The molecule has 3 heteroatoms. The maximum absolute atomic E-state index is 13.5. The minimum absolute atomic E-state index is 0.184. The molecule has 16 heavy (non-hydrogen) atoms.